The number of likely N-dealkylation sites (tertiary alicyclic amines) is 1. The molecule has 3 heterocycles. The number of rotatable bonds is 5. The fourth-order valence-corrected chi connectivity index (χ4v) is 3.39. The van der Waals surface area contributed by atoms with Gasteiger partial charge in [0.1, 0.15) is 5.69 Å². The number of hydrogen-bond acceptors (Lipinski definition) is 6. The van der Waals surface area contributed by atoms with E-state index in [0.717, 1.165) is 45.9 Å². The van der Waals surface area contributed by atoms with Gasteiger partial charge in [-0.1, -0.05) is 17.3 Å². The van der Waals surface area contributed by atoms with E-state index in [0.29, 0.717) is 11.7 Å². The largest absolute Gasteiger partial charge is 0.387 e. The molecule has 2 aliphatic rings. The van der Waals surface area contributed by atoms with Crippen molar-refractivity contribution < 1.29 is 9.84 Å². The average molecular weight is 343 g/mol. The first-order chi connectivity index (χ1) is 12.2. The molecule has 1 aromatic carbocycles. The van der Waals surface area contributed by atoms with Gasteiger partial charge in [0.15, 0.2) is 0 Å². The molecule has 1 N–H and O–H groups in total. The van der Waals surface area contributed by atoms with E-state index in [1.807, 2.05) is 10.9 Å². The lowest BCUT2D eigenvalue weighted by atomic mass is 10.1. The molecule has 7 heteroatoms. The number of benzene rings is 1. The molecule has 2 aliphatic heterocycles. The number of aromatic nitrogens is 3. The first kappa shape index (κ1) is 16.5. The van der Waals surface area contributed by atoms with E-state index in [1.54, 1.807) is 6.92 Å². The summed E-state index contributed by atoms with van der Waals surface area (Å²) in [6.07, 6.45) is 1.29. The molecule has 0 spiro atoms. The summed E-state index contributed by atoms with van der Waals surface area (Å²) in [6, 6.07) is 9.22. The van der Waals surface area contributed by atoms with E-state index in [9.17, 15) is 5.11 Å². The molecule has 0 bridgehead atoms. The standard InChI is InChI=1S/C18H25N5O2/c1-14(24)18-13-23(20-19-18)17-11-21(12-17)10-15-2-4-16(5-3-15)22-6-8-25-9-7-22/h2-5,13-14,17,24H,6-12H2,1H3. The van der Waals surface area contributed by atoms with Gasteiger partial charge in [-0.15, -0.1) is 5.10 Å². The lowest BCUT2D eigenvalue weighted by molar-refractivity contribution is 0.0895. The Balaban J connectivity index is 1.28. The number of hydrogen-bond donors (Lipinski definition) is 1. The molecule has 0 amide bonds. The summed E-state index contributed by atoms with van der Waals surface area (Å²) >= 11 is 0. The van der Waals surface area contributed by atoms with E-state index in [1.165, 1.54) is 11.3 Å². The maximum atomic E-state index is 9.54. The second-order valence-electron chi connectivity index (χ2n) is 6.91. The maximum Gasteiger partial charge on any atom is 0.111 e. The Morgan fingerprint density at radius 1 is 1.20 bits per heavy atom. The summed E-state index contributed by atoms with van der Waals surface area (Å²) < 4.78 is 7.28. The molecule has 7 nitrogen and oxygen atoms in total. The minimum atomic E-state index is -0.560. The molecular formula is C18H25N5O2. The van der Waals surface area contributed by atoms with Crippen LogP contribution in [0, 0.1) is 0 Å². The molecule has 0 saturated carbocycles. The fraction of sp³-hybridized carbons (Fsp3) is 0.556. The number of aliphatic hydroxyl groups excluding tert-OH is 1. The smallest absolute Gasteiger partial charge is 0.111 e. The number of nitrogens with zero attached hydrogens (tertiary/aromatic N) is 5. The van der Waals surface area contributed by atoms with Crippen LogP contribution in [0.3, 0.4) is 0 Å². The lowest BCUT2D eigenvalue weighted by Crippen LogP contribution is -2.47. The summed E-state index contributed by atoms with van der Waals surface area (Å²) in [5.74, 6) is 0. The van der Waals surface area contributed by atoms with Gasteiger partial charge >= 0.3 is 0 Å². The van der Waals surface area contributed by atoms with Crippen LogP contribution in [0.15, 0.2) is 30.5 Å². The first-order valence-electron chi connectivity index (χ1n) is 8.93. The van der Waals surface area contributed by atoms with E-state index in [4.69, 9.17) is 4.74 Å². The molecule has 0 aliphatic carbocycles. The third-order valence-corrected chi connectivity index (χ3v) is 4.99. The second kappa shape index (κ2) is 7.11. The van der Waals surface area contributed by atoms with Crippen LogP contribution >= 0.6 is 0 Å². The summed E-state index contributed by atoms with van der Waals surface area (Å²) in [5, 5.41) is 17.7. The predicted molar refractivity (Wildman–Crippen MR) is 94.4 cm³/mol. The Labute approximate surface area is 147 Å². The lowest BCUT2D eigenvalue weighted by Gasteiger charge is -2.39. The molecular weight excluding hydrogens is 318 g/mol. The third-order valence-electron chi connectivity index (χ3n) is 4.99. The van der Waals surface area contributed by atoms with Crippen molar-refractivity contribution in [3.8, 4) is 0 Å². The quantitative estimate of drug-likeness (QED) is 0.881. The third kappa shape index (κ3) is 3.68. The van der Waals surface area contributed by atoms with Gasteiger partial charge in [-0.3, -0.25) is 4.90 Å². The highest BCUT2D eigenvalue weighted by Gasteiger charge is 2.29. The predicted octanol–water partition coefficient (Wildman–Crippen LogP) is 1.22. The monoisotopic (exact) mass is 343 g/mol. The van der Waals surface area contributed by atoms with E-state index >= 15 is 0 Å². The highest BCUT2D eigenvalue weighted by molar-refractivity contribution is 5.47. The minimum absolute atomic E-state index is 0.354. The van der Waals surface area contributed by atoms with Crippen molar-refractivity contribution in [2.45, 2.75) is 25.6 Å². The van der Waals surface area contributed by atoms with Gasteiger partial charge in [0.05, 0.1) is 31.6 Å². The summed E-state index contributed by atoms with van der Waals surface area (Å²) in [5.41, 5.74) is 3.25. The van der Waals surface area contributed by atoms with Crippen molar-refractivity contribution in [3.05, 3.63) is 41.7 Å². The van der Waals surface area contributed by atoms with Crippen LogP contribution in [-0.4, -0.2) is 64.4 Å². The van der Waals surface area contributed by atoms with Gasteiger partial charge in [-0.2, -0.15) is 0 Å². The highest BCUT2D eigenvalue weighted by atomic mass is 16.5. The van der Waals surface area contributed by atoms with Gasteiger partial charge in [0.25, 0.3) is 0 Å². The van der Waals surface area contributed by atoms with Gasteiger partial charge in [-0.05, 0) is 24.6 Å². The summed E-state index contributed by atoms with van der Waals surface area (Å²) in [6.45, 7) is 8.17. The van der Waals surface area contributed by atoms with Gasteiger partial charge in [-0.25, -0.2) is 4.68 Å². The van der Waals surface area contributed by atoms with Crippen molar-refractivity contribution in [3.63, 3.8) is 0 Å². The molecule has 1 unspecified atom stereocenters. The second-order valence-corrected chi connectivity index (χ2v) is 6.91. The molecule has 2 fully saturated rings. The van der Waals surface area contributed by atoms with Crippen LogP contribution in [-0.2, 0) is 11.3 Å². The summed E-state index contributed by atoms with van der Waals surface area (Å²) in [7, 11) is 0. The molecule has 0 radical (unpaired) electrons. The van der Waals surface area contributed by atoms with Gasteiger partial charge in [0.2, 0.25) is 0 Å². The molecule has 1 atom stereocenters. The van der Waals surface area contributed by atoms with Crippen LogP contribution in [0.1, 0.15) is 30.3 Å². The number of anilines is 1. The zero-order chi connectivity index (χ0) is 17.2. The Kier molecular flexibility index (Phi) is 4.70. The van der Waals surface area contributed by atoms with Crippen LogP contribution in [0.4, 0.5) is 5.69 Å². The number of aliphatic hydroxyl groups is 1. The van der Waals surface area contributed by atoms with Crippen molar-refractivity contribution in [2.24, 2.45) is 0 Å². The van der Waals surface area contributed by atoms with E-state index in [-0.39, 0.29) is 0 Å². The van der Waals surface area contributed by atoms with Crippen LogP contribution in [0.2, 0.25) is 0 Å². The van der Waals surface area contributed by atoms with Crippen molar-refractivity contribution >= 4 is 5.69 Å². The SMILES string of the molecule is CC(O)c1cn(C2CN(Cc3ccc(N4CCOCC4)cc3)C2)nn1. The Morgan fingerprint density at radius 2 is 1.92 bits per heavy atom. The van der Waals surface area contributed by atoms with Crippen LogP contribution in [0.25, 0.3) is 0 Å². The maximum absolute atomic E-state index is 9.54. The van der Waals surface area contributed by atoms with Crippen LogP contribution in [0.5, 0.6) is 0 Å². The minimum Gasteiger partial charge on any atom is -0.387 e. The number of morpholine rings is 1. The van der Waals surface area contributed by atoms with E-state index < -0.39 is 6.10 Å². The Morgan fingerprint density at radius 3 is 2.56 bits per heavy atom. The fourth-order valence-electron chi connectivity index (χ4n) is 3.39. The summed E-state index contributed by atoms with van der Waals surface area (Å²) in [4.78, 5) is 4.77. The Hall–Kier alpha value is -1.96. The molecule has 2 aromatic rings. The molecule has 25 heavy (non-hydrogen) atoms. The van der Waals surface area contributed by atoms with Gasteiger partial charge in [0, 0.05) is 38.4 Å². The average Bonchev–Trinajstić information content (AvgIpc) is 3.09. The van der Waals surface area contributed by atoms with Crippen molar-refractivity contribution in [1.82, 2.24) is 19.9 Å². The van der Waals surface area contributed by atoms with Crippen LogP contribution < -0.4 is 4.90 Å². The van der Waals surface area contributed by atoms with Crippen molar-refractivity contribution in [2.75, 3.05) is 44.3 Å². The molecule has 1 aromatic heterocycles. The topological polar surface area (TPSA) is 66.7 Å². The Bertz CT molecular complexity index is 688. The highest BCUT2D eigenvalue weighted by Crippen LogP contribution is 2.24. The van der Waals surface area contributed by atoms with Crippen molar-refractivity contribution in [1.29, 1.82) is 0 Å². The zero-order valence-electron chi connectivity index (χ0n) is 14.6. The van der Waals surface area contributed by atoms with Gasteiger partial charge < -0.3 is 14.7 Å². The first-order valence-corrected chi connectivity index (χ1v) is 8.93. The zero-order valence-corrected chi connectivity index (χ0v) is 14.6. The normalized spacial score (nSPS) is 20.5. The molecule has 2 saturated heterocycles. The molecule has 4 rings (SSSR count). The van der Waals surface area contributed by atoms with E-state index in [2.05, 4.69) is 44.4 Å². The molecule has 134 valence electrons. The number of ether oxygens (including phenoxy) is 1.